The zero-order valence-electron chi connectivity index (χ0n) is 17.8. The lowest BCUT2D eigenvalue weighted by atomic mass is 9.83. The minimum atomic E-state index is -1.23. The third-order valence-electron chi connectivity index (χ3n) is 5.45. The minimum Gasteiger partial charge on any atom is -0.465 e. The molecule has 0 aliphatic heterocycles. The van der Waals surface area contributed by atoms with E-state index in [0.29, 0.717) is 16.9 Å². The molecule has 4 rings (SSSR count). The number of nitrogens with one attached hydrogen (secondary N) is 1. The van der Waals surface area contributed by atoms with Crippen LogP contribution >= 0.6 is 11.6 Å². The Labute approximate surface area is 193 Å². The first-order valence-corrected chi connectivity index (χ1v) is 10.4. The minimum absolute atomic E-state index is 0.0728. The molecule has 1 saturated carbocycles. The van der Waals surface area contributed by atoms with Gasteiger partial charge >= 0.3 is 6.09 Å². The number of hydrogen-bond donors (Lipinski definition) is 2. The van der Waals surface area contributed by atoms with Gasteiger partial charge in [0.15, 0.2) is 11.5 Å². The smallest absolute Gasteiger partial charge is 0.413 e. The van der Waals surface area contributed by atoms with Crippen LogP contribution < -0.4 is 10.2 Å². The van der Waals surface area contributed by atoms with Gasteiger partial charge in [0.1, 0.15) is 10.9 Å². The van der Waals surface area contributed by atoms with Crippen LogP contribution in [0.15, 0.2) is 36.7 Å². The number of anilines is 2. The van der Waals surface area contributed by atoms with Gasteiger partial charge in [-0.15, -0.1) is 5.10 Å². The Kier molecular flexibility index (Phi) is 6.05. The summed E-state index contributed by atoms with van der Waals surface area (Å²) >= 11 is 6.20. The molecule has 33 heavy (non-hydrogen) atoms. The molecule has 3 aromatic rings. The van der Waals surface area contributed by atoms with Crippen LogP contribution in [0.2, 0.25) is 5.15 Å². The number of carbonyl (C=O) groups is 3. The van der Waals surface area contributed by atoms with Gasteiger partial charge in [0.2, 0.25) is 5.91 Å². The van der Waals surface area contributed by atoms with E-state index in [2.05, 4.69) is 25.6 Å². The Bertz CT molecular complexity index is 1220. The highest BCUT2D eigenvalue weighted by Gasteiger charge is 2.33. The van der Waals surface area contributed by atoms with Crippen LogP contribution in [0.5, 0.6) is 0 Å². The zero-order valence-corrected chi connectivity index (χ0v) is 18.5. The van der Waals surface area contributed by atoms with Crippen molar-refractivity contribution in [2.75, 3.05) is 10.2 Å². The molecule has 1 aliphatic carbocycles. The molecule has 170 valence electrons. The molecule has 0 saturated heterocycles. The maximum Gasteiger partial charge on any atom is 0.413 e. The van der Waals surface area contributed by atoms with Gasteiger partial charge in [-0.05, 0) is 25.1 Å². The van der Waals surface area contributed by atoms with Gasteiger partial charge < -0.3 is 10.4 Å². The topological polar surface area (TPSA) is 143 Å². The van der Waals surface area contributed by atoms with Crippen LogP contribution in [0.3, 0.4) is 0 Å². The first-order chi connectivity index (χ1) is 15.8. The molecule has 3 aromatic heterocycles. The van der Waals surface area contributed by atoms with Crippen molar-refractivity contribution < 1.29 is 19.5 Å². The van der Waals surface area contributed by atoms with Crippen LogP contribution in [0.4, 0.5) is 16.3 Å². The number of nitrogens with zero attached hydrogens (tertiary/aromatic N) is 6. The van der Waals surface area contributed by atoms with Gasteiger partial charge in [0.25, 0.3) is 0 Å². The fraction of sp³-hybridized carbons (Fsp3) is 0.286. The summed E-state index contributed by atoms with van der Waals surface area (Å²) in [6.45, 7) is 1.69. The normalized spacial score (nSPS) is 14.5. The van der Waals surface area contributed by atoms with Crippen molar-refractivity contribution >= 4 is 40.9 Å². The largest absolute Gasteiger partial charge is 0.465 e. The Morgan fingerprint density at radius 2 is 2.03 bits per heavy atom. The summed E-state index contributed by atoms with van der Waals surface area (Å²) in [6.07, 6.45) is 2.24. The summed E-state index contributed by atoms with van der Waals surface area (Å²) in [5.74, 6) is -0.270. The molecule has 0 bridgehead atoms. The number of halogens is 1. The van der Waals surface area contributed by atoms with Gasteiger partial charge in [-0.2, -0.15) is 0 Å². The van der Waals surface area contributed by atoms with E-state index in [-0.39, 0.29) is 47.1 Å². The molecular weight excluding hydrogens is 450 g/mol. The van der Waals surface area contributed by atoms with Crippen LogP contribution in [0.25, 0.3) is 11.4 Å². The van der Waals surface area contributed by atoms with Gasteiger partial charge in [-0.25, -0.2) is 14.5 Å². The molecule has 11 nitrogen and oxygen atoms in total. The monoisotopic (exact) mass is 469 g/mol. The van der Waals surface area contributed by atoms with Crippen molar-refractivity contribution in [3.05, 3.63) is 47.4 Å². The molecule has 1 aliphatic rings. The van der Waals surface area contributed by atoms with E-state index in [1.165, 1.54) is 17.1 Å². The van der Waals surface area contributed by atoms with Crippen LogP contribution in [-0.2, 0) is 16.6 Å². The first-order valence-electron chi connectivity index (χ1n) is 10.1. The molecule has 1 fully saturated rings. The van der Waals surface area contributed by atoms with Crippen molar-refractivity contribution in [3.8, 4) is 11.4 Å². The number of pyridine rings is 2. The maximum atomic E-state index is 12.3. The SMILES string of the molecule is C[C@H](c1cccnc1Cl)N(C(=O)O)c1c(-c2ccc(NC(=O)C3CC(=O)C3)cn2)nnn1C. The second-order valence-electron chi connectivity index (χ2n) is 7.66. The van der Waals surface area contributed by atoms with Crippen molar-refractivity contribution in [2.24, 2.45) is 13.0 Å². The van der Waals surface area contributed by atoms with E-state index in [1.54, 1.807) is 38.2 Å². The lowest BCUT2D eigenvalue weighted by Gasteiger charge is -2.27. The Morgan fingerprint density at radius 3 is 2.64 bits per heavy atom. The molecule has 0 spiro atoms. The van der Waals surface area contributed by atoms with E-state index in [1.807, 2.05) is 0 Å². The highest BCUT2D eigenvalue weighted by Crippen LogP contribution is 2.35. The summed E-state index contributed by atoms with van der Waals surface area (Å²) < 4.78 is 1.34. The number of ketones is 1. The average Bonchev–Trinajstić information content (AvgIpc) is 3.13. The molecule has 0 unspecified atom stereocenters. The molecule has 3 heterocycles. The summed E-state index contributed by atoms with van der Waals surface area (Å²) in [5, 5.41) is 21.0. The van der Waals surface area contributed by atoms with Crippen molar-refractivity contribution in [1.29, 1.82) is 0 Å². The maximum absolute atomic E-state index is 12.3. The number of amides is 2. The fourth-order valence-corrected chi connectivity index (χ4v) is 3.88. The second-order valence-corrected chi connectivity index (χ2v) is 8.02. The third-order valence-corrected chi connectivity index (χ3v) is 5.77. The van der Waals surface area contributed by atoms with Gasteiger partial charge in [0.05, 0.1) is 29.5 Å². The first kappa shape index (κ1) is 22.3. The zero-order chi connectivity index (χ0) is 23.7. The Morgan fingerprint density at radius 1 is 1.27 bits per heavy atom. The van der Waals surface area contributed by atoms with Crippen LogP contribution in [0.1, 0.15) is 31.4 Å². The van der Waals surface area contributed by atoms with Crippen molar-refractivity contribution in [1.82, 2.24) is 25.0 Å². The summed E-state index contributed by atoms with van der Waals surface area (Å²) in [4.78, 5) is 45.0. The van der Waals surface area contributed by atoms with Crippen LogP contribution in [0, 0.1) is 5.92 Å². The number of hydrogen-bond acceptors (Lipinski definition) is 7. The van der Waals surface area contributed by atoms with E-state index in [0.717, 1.165) is 4.90 Å². The van der Waals surface area contributed by atoms with Gasteiger partial charge in [-0.3, -0.25) is 19.5 Å². The highest BCUT2D eigenvalue weighted by atomic mass is 35.5. The molecule has 2 N–H and O–H groups in total. The molecule has 12 heteroatoms. The Balaban J connectivity index is 1.62. The fourth-order valence-electron chi connectivity index (χ4n) is 3.60. The molecular formula is C21H20ClN7O4. The van der Waals surface area contributed by atoms with Crippen LogP contribution in [-0.4, -0.2) is 47.9 Å². The van der Waals surface area contributed by atoms with Crippen molar-refractivity contribution in [2.45, 2.75) is 25.8 Å². The average molecular weight is 470 g/mol. The number of aromatic nitrogens is 5. The summed E-state index contributed by atoms with van der Waals surface area (Å²) in [7, 11) is 1.58. The molecule has 0 aromatic carbocycles. The number of carboxylic acid groups (broad SMARTS) is 1. The lowest BCUT2D eigenvalue weighted by molar-refractivity contribution is -0.135. The quantitative estimate of drug-likeness (QED) is 0.524. The lowest BCUT2D eigenvalue weighted by Crippen LogP contribution is -2.34. The summed E-state index contributed by atoms with van der Waals surface area (Å²) in [6, 6.07) is 5.92. The summed E-state index contributed by atoms with van der Waals surface area (Å²) in [5.41, 5.74) is 1.59. The highest BCUT2D eigenvalue weighted by molar-refractivity contribution is 6.30. The predicted octanol–water partition coefficient (Wildman–Crippen LogP) is 3.09. The Hall–Kier alpha value is -3.86. The van der Waals surface area contributed by atoms with Gasteiger partial charge in [0, 0.05) is 31.6 Å². The number of rotatable bonds is 6. The molecule has 1 atom stereocenters. The van der Waals surface area contributed by atoms with Gasteiger partial charge in [-0.1, -0.05) is 22.9 Å². The second kappa shape index (κ2) is 8.94. The van der Waals surface area contributed by atoms with E-state index < -0.39 is 12.1 Å². The molecule has 2 amide bonds. The van der Waals surface area contributed by atoms with E-state index in [4.69, 9.17) is 11.6 Å². The van der Waals surface area contributed by atoms with E-state index in [9.17, 15) is 19.5 Å². The number of carbonyl (C=O) groups excluding carboxylic acids is 2. The predicted molar refractivity (Wildman–Crippen MR) is 119 cm³/mol. The number of Topliss-reactive ketones (excluding diaryl/α,β-unsaturated/α-hetero) is 1. The number of aryl methyl sites for hydroxylation is 1. The van der Waals surface area contributed by atoms with Crippen molar-refractivity contribution in [3.63, 3.8) is 0 Å². The standard InChI is InChI=1S/C21H20ClN7O4/c1-11(15-4-3-7-23-18(15)22)29(21(32)33)20-17(26-27-28(20)2)16-6-5-13(10-24-16)25-19(31)12-8-14(30)9-12/h3-7,10-12H,8-9H2,1-2H3,(H,25,31)(H,32,33)/t11-/m1/s1. The third kappa shape index (κ3) is 4.40. The van der Waals surface area contributed by atoms with E-state index >= 15 is 0 Å². The molecule has 0 radical (unpaired) electrons.